The topological polar surface area (TPSA) is 107 Å². The quantitative estimate of drug-likeness (QED) is 0.833. The number of nitrogens with zero attached hydrogens (tertiary/aromatic N) is 1. The Morgan fingerprint density at radius 1 is 1.53 bits per heavy atom. The van der Waals surface area contributed by atoms with E-state index in [2.05, 4.69) is 4.72 Å². The first-order chi connectivity index (χ1) is 8.77. The molecule has 0 aliphatic heterocycles. The molecule has 0 saturated heterocycles. The van der Waals surface area contributed by atoms with Gasteiger partial charge in [0.1, 0.15) is 0 Å². The fraction of sp³-hybridized carbons (Fsp3) is 0.333. The third-order valence-corrected chi connectivity index (χ3v) is 4.17. The third-order valence-electron chi connectivity index (χ3n) is 2.61. The summed E-state index contributed by atoms with van der Waals surface area (Å²) in [5.74, 6) is -1.90. The number of carbonyl (C=O) groups is 1. The number of aryl methyl sites for hydroxylation is 1. The SMILES string of the molecule is Cc1ccc(C#N)cc1S(=O)(=O)NCC(C)C(=O)O. The van der Waals surface area contributed by atoms with Gasteiger partial charge >= 0.3 is 5.97 Å². The highest BCUT2D eigenvalue weighted by molar-refractivity contribution is 7.89. The van der Waals surface area contributed by atoms with Crippen LogP contribution in [0.25, 0.3) is 0 Å². The van der Waals surface area contributed by atoms with E-state index in [0.29, 0.717) is 5.56 Å². The second-order valence-corrected chi connectivity index (χ2v) is 5.92. The lowest BCUT2D eigenvalue weighted by Gasteiger charge is -2.11. The Labute approximate surface area is 111 Å². The number of nitrogens with one attached hydrogen (secondary N) is 1. The minimum Gasteiger partial charge on any atom is -0.481 e. The number of carboxylic acid groups (broad SMARTS) is 1. The van der Waals surface area contributed by atoms with Crippen LogP contribution in [0, 0.1) is 24.2 Å². The van der Waals surface area contributed by atoms with Crippen LogP contribution in [0.1, 0.15) is 18.1 Å². The van der Waals surface area contributed by atoms with Crippen molar-refractivity contribution >= 4 is 16.0 Å². The number of rotatable bonds is 5. The van der Waals surface area contributed by atoms with Crippen LogP contribution in [0.4, 0.5) is 0 Å². The molecule has 6 nitrogen and oxygen atoms in total. The van der Waals surface area contributed by atoms with E-state index in [0.717, 1.165) is 0 Å². The molecule has 102 valence electrons. The van der Waals surface area contributed by atoms with E-state index in [1.54, 1.807) is 6.92 Å². The molecule has 0 heterocycles. The van der Waals surface area contributed by atoms with Crippen LogP contribution >= 0.6 is 0 Å². The van der Waals surface area contributed by atoms with E-state index < -0.39 is 21.9 Å². The fourth-order valence-electron chi connectivity index (χ4n) is 1.36. The number of nitriles is 1. The smallest absolute Gasteiger partial charge is 0.307 e. The zero-order valence-corrected chi connectivity index (χ0v) is 11.4. The Morgan fingerprint density at radius 2 is 2.16 bits per heavy atom. The standard InChI is InChI=1S/C12H14N2O4S/c1-8-3-4-10(6-13)5-11(8)19(17,18)14-7-9(2)12(15)16/h3-5,9,14H,7H2,1-2H3,(H,15,16). The molecular formula is C12H14N2O4S. The average Bonchev–Trinajstić information content (AvgIpc) is 2.36. The molecule has 7 heteroatoms. The zero-order valence-electron chi connectivity index (χ0n) is 10.5. The summed E-state index contributed by atoms with van der Waals surface area (Å²) in [6.07, 6.45) is 0. The van der Waals surface area contributed by atoms with E-state index in [-0.39, 0.29) is 17.0 Å². The van der Waals surface area contributed by atoms with Gasteiger partial charge in [0.2, 0.25) is 10.0 Å². The summed E-state index contributed by atoms with van der Waals surface area (Å²) in [6.45, 7) is 2.81. The van der Waals surface area contributed by atoms with E-state index in [9.17, 15) is 13.2 Å². The summed E-state index contributed by atoms with van der Waals surface area (Å²) in [5.41, 5.74) is 0.728. The molecule has 1 aromatic carbocycles. The molecule has 0 amide bonds. The van der Waals surface area contributed by atoms with Gasteiger partial charge in [-0.2, -0.15) is 5.26 Å². The highest BCUT2D eigenvalue weighted by Crippen LogP contribution is 2.16. The molecule has 0 spiro atoms. The molecule has 1 aromatic rings. The maximum atomic E-state index is 12.0. The molecule has 0 fully saturated rings. The van der Waals surface area contributed by atoms with Crippen molar-refractivity contribution in [3.05, 3.63) is 29.3 Å². The van der Waals surface area contributed by atoms with Crippen LogP contribution in [0.2, 0.25) is 0 Å². The van der Waals surface area contributed by atoms with Crippen molar-refractivity contribution in [2.45, 2.75) is 18.7 Å². The maximum absolute atomic E-state index is 12.0. The molecule has 0 bridgehead atoms. The maximum Gasteiger partial charge on any atom is 0.307 e. The predicted octanol–water partition coefficient (Wildman–Crippen LogP) is 0.866. The van der Waals surface area contributed by atoms with Crippen molar-refractivity contribution < 1.29 is 18.3 Å². The zero-order chi connectivity index (χ0) is 14.6. The van der Waals surface area contributed by atoms with Crippen molar-refractivity contribution in [3.8, 4) is 6.07 Å². The minimum absolute atomic E-state index is 0.0101. The van der Waals surface area contributed by atoms with E-state index in [1.807, 2.05) is 6.07 Å². The van der Waals surface area contributed by atoms with Gasteiger partial charge in [-0.05, 0) is 24.6 Å². The van der Waals surface area contributed by atoms with Crippen molar-refractivity contribution in [1.29, 1.82) is 5.26 Å². The first-order valence-corrected chi connectivity index (χ1v) is 6.99. The first kappa shape index (κ1) is 15.1. The van der Waals surface area contributed by atoms with Gasteiger partial charge in [-0.3, -0.25) is 4.79 Å². The van der Waals surface area contributed by atoms with Gasteiger partial charge in [0.15, 0.2) is 0 Å². The molecular weight excluding hydrogens is 268 g/mol. The van der Waals surface area contributed by atoms with Gasteiger partial charge in [0, 0.05) is 6.54 Å². The van der Waals surface area contributed by atoms with Crippen LogP contribution in [-0.4, -0.2) is 26.0 Å². The number of aliphatic carboxylic acids is 1. The van der Waals surface area contributed by atoms with Gasteiger partial charge < -0.3 is 5.11 Å². The van der Waals surface area contributed by atoms with Crippen LogP contribution in [0.5, 0.6) is 0 Å². The monoisotopic (exact) mass is 282 g/mol. The summed E-state index contributed by atoms with van der Waals surface area (Å²) in [6, 6.07) is 6.19. The summed E-state index contributed by atoms with van der Waals surface area (Å²) in [5, 5.41) is 17.5. The molecule has 0 saturated carbocycles. The van der Waals surface area contributed by atoms with Gasteiger partial charge in [-0.25, -0.2) is 13.1 Å². The average molecular weight is 282 g/mol. The summed E-state index contributed by atoms with van der Waals surface area (Å²) < 4.78 is 26.3. The molecule has 19 heavy (non-hydrogen) atoms. The van der Waals surface area contributed by atoms with Gasteiger partial charge in [0.05, 0.1) is 22.4 Å². The van der Waals surface area contributed by atoms with E-state index in [4.69, 9.17) is 10.4 Å². The van der Waals surface area contributed by atoms with Crippen LogP contribution in [0.15, 0.2) is 23.1 Å². The number of hydrogen-bond acceptors (Lipinski definition) is 4. The van der Waals surface area contributed by atoms with Gasteiger partial charge in [0.25, 0.3) is 0 Å². The van der Waals surface area contributed by atoms with Crippen molar-refractivity contribution in [3.63, 3.8) is 0 Å². The normalized spacial score (nSPS) is 12.7. The first-order valence-electron chi connectivity index (χ1n) is 5.51. The molecule has 1 rings (SSSR count). The molecule has 1 unspecified atom stereocenters. The minimum atomic E-state index is -3.82. The lowest BCUT2D eigenvalue weighted by atomic mass is 10.2. The van der Waals surface area contributed by atoms with Crippen LogP contribution < -0.4 is 4.72 Å². The lowest BCUT2D eigenvalue weighted by Crippen LogP contribution is -2.31. The lowest BCUT2D eigenvalue weighted by molar-refractivity contribution is -0.140. The Morgan fingerprint density at radius 3 is 2.68 bits per heavy atom. The third kappa shape index (κ3) is 3.77. The largest absolute Gasteiger partial charge is 0.481 e. The van der Waals surface area contributed by atoms with E-state index in [1.165, 1.54) is 25.1 Å². The molecule has 0 aliphatic rings. The summed E-state index contributed by atoms with van der Waals surface area (Å²) >= 11 is 0. The summed E-state index contributed by atoms with van der Waals surface area (Å²) in [4.78, 5) is 10.6. The van der Waals surface area contributed by atoms with Crippen molar-refractivity contribution in [2.24, 2.45) is 5.92 Å². The molecule has 0 aromatic heterocycles. The van der Waals surface area contributed by atoms with Gasteiger partial charge in [-0.1, -0.05) is 13.0 Å². The second kappa shape index (κ2) is 5.82. The highest BCUT2D eigenvalue weighted by Gasteiger charge is 2.20. The fourth-order valence-corrected chi connectivity index (χ4v) is 2.76. The molecule has 0 radical (unpaired) electrons. The van der Waals surface area contributed by atoms with E-state index >= 15 is 0 Å². The molecule has 0 aliphatic carbocycles. The highest BCUT2D eigenvalue weighted by atomic mass is 32.2. The van der Waals surface area contributed by atoms with Crippen LogP contribution in [0.3, 0.4) is 0 Å². The number of carboxylic acids is 1. The Hall–Kier alpha value is -1.91. The second-order valence-electron chi connectivity index (χ2n) is 4.18. The molecule has 1 atom stereocenters. The predicted molar refractivity (Wildman–Crippen MR) is 67.9 cm³/mol. The van der Waals surface area contributed by atoms with Gasteiger partial charge in [-0.15, -0.1) is 0 Å². The van der Waals surface area contributed by atoms with Crippen molar-refractivity contribution in [2.75, 3.05) is 6.54 Å². The Bertz CT molecular complexity index is 632. The Balaban J connectivity index is 3.01. The molecule has 2 N–H and O–H groups in total. The number of sulfonamides is 1. The van der Waals surface area contributed by atoms with Crippen molar-refractivity contribution in [1.82, 2.24) is 4.72 Å². The number of benzene rings is 1. The number of hydrogen-bond donors (Lipinski definition) is 2. The summed E-state index contributed by atoms with van der Waals surface area (Å²) in [7, 11) is -3.82. The van der Waals surface area contributed by atoms with Crippen LogP contribution in [-0.2, 0) is 14.8 Å². The Kier molecular flexibility index (Phi) is 4.64.